The molecular weight excluding hydrogens is 390 g/mol. The lowest BCUT2D eigenvalue weighted by Gasteiger charge is -2.44. The van der Waals surface area contributed by atoms with E-state index in [1.165, 1.54) is 12.0 Å². The fourth-order valence-electron chi connectivity index (χ4n) is 5.09. The van der Waals surface area contributed by atoms with Crippen molar-refractivity contribution in [3.8, 4) is 0 Å². The lowest BCUT2D eigenvalue weighted by Crippen LogP contribution is -2.65. The Balaban J connectivity index is 1.58. The molecule has 3 aromatic rings. The second-order valence-electron chi connectivity index (χ2n) is 9.03. The highest BCUT2D eigenvalue weighted by Crippen LogP contribution is 2.36. The van der Waals surface area contributed by atoms with E-state index in [4.69, 9.17) is 4.42 Å². The maximum absolute atomic E-state index is 13.7. The topological polar surface area (TPSA) is 67.5 Å². The van der Waals surface area contributed by atoms with Gasteiger partial charge in [0.25, 0.3) is 5.91 Å². The van der Waals surface area contributed by atoms with Crippen LogP contribution in [0.1, 0.15) is 62.0 Å². The summed E-state index contributed by atoms with van der Waals surface area (Å²) in [4.78, 5) is 29.1. The number of furan rings is 1. The number of nitrogens with zero attached hydrogens (tertiary/aromatic N) is 2. The highest BCUT2D eigenvalue weighted by molar-refractivity contribution is 6.13. The molecule has 1 aliphatic carbocycles. The average molecular weight is 420 g/mol. The van der Waals surface area contributed by atoms with Crippen molar-refractivity contribution in [1.29, 1.82) is 0 Å². The highest BCUT2D eigenvalue weighted by atomic mass is 16.3. The molecule has 1 fully saturated rings. The van der Waals surface area contributed by atoms with Crippen LogP contribution in [0.5, 0.6) is 0 Å². The SMILES string of the molecule is CCc1ccc(N2C(=O)c3cc4occc4n3CC2(C)C(=O)NC2CCCCC2)cc1. The quantitative estimate of drug-likeness (QED) is 0.669. The Morgan fingerprint density at radius 1 is 1.16 bits per heavy atom. The van der Waals surface area contributed by atoms with Crippen molar-refractivity contribution < 1.29 is 14.0 Å². The number of aromatic nitrogens is 1. The van der Waals surface area contributed by atoms with Gasteiger partial charge in [0.1, 0.15) is 11.2 Å². The van der Waals surface area contributed by atoms with Gasteiger partial charge >= 0.3 is 0 Å². The van der Waals surface area contributed by atoms with Crippen LogP contribution in [0, 0.1) is 0 Å². The number of benzene rings is 1. The first-order chi connectivity index (χ1) is 15.0. The molecule has 1 unspecified atom stereocenters. The molecule has 6 heteroatoms. The van der Waals surface area contributed by atoms with Crippen LogP contribution in [0.25, 0.3) is 11.1 Å². The number of nitrogens with one attached hydrogen (secondary N) is 1. The summed E-state index contributed by atoms with van der Waals surface area (Å²) in [5, 5.41) is 3.27. The Morgan fingerprint density at radius 3 is 2.61 bits per heavy atom. The predicted molar refractivity (Wildman–Crippen MR) is 120 cm³/mol. The van der Waals surface area contributed by atoms with Crippen LogP contribution in [0.4, 0.5) is 5.69 Å². The molecule has 2 aliphatic rings. The Hall–Kier alpha value is -3.02. The van der Waals surface area contributed by atoms with Crippen LogP contribution in [0.3, 0.4) is 0 Å². The first kappa shape index (κ1) is 19.9. The molecule has 5 rings (SSSR count). The van der Waals surface area contributed by atoms with Crippen LogP contribution in [-0.4, -0.2) is 28.0 Å². The Morgan fingerprint density at radius 2 is 1.90 bits per heavy atom. The monoisotopic (exact) mass is 419 g/mol. The number of hydrogen-bond donors (Lipinski definition) is 1. The van der Waals surface area contributed by atoms with Gasteiger partial charge in [-0.1, -0.05) is 38.3 Å². The van der Waals surface area contributed by atoms with Crippen LogP contribution < -0.4 is 10.2 Å². The highest BCUT2D eigenvalue weighted by Gasteiger charge is 2.49. The lowest BCUT2D eigenvalue weighted by molar-refractivity contribution is -0.127. The second-order valence-corrected chi connectivity index (χ2v) is 9.03. The Bertz CT molecular complexity index is 1120. The zero-order valence-corrected chi connectivity index (χ0v) is 18.2. The van der Waals surface area contributed by atoms with Crippen LogP contribution >= 0.6 is 0 Å². The second kappa shape index (κ2) is 7.59. The van der Waals surface area contributed by atoms with E-state index < -0.39 is 5.54 Å². The minimum atomic E-state index is -1.04. The van der Waals surface area contributed by atoms with E-state index in [9.17, 15) is 9.59 Å². The van der Waals surface area contributed by atoms with E-state index in [-0.39, 0.29) is 17.9 Å². The maximum Gasteiger partial charge on any atom is 0.276 e. The summed E-state index contributed by atoms with van der Waals surface area (Å²) in [6.45, 7) is 4.36. The molecule has 1 aromatic carbocycles. The summed E-state index contributed by atoms with van der Waals surface area (Å²) in [5.41, 5.74) is 2.97. The minimum absolute atomic E-state index is 0.0942. The third-order valence-electron chi connectivity index (χ3n) is 6.94. The molecule has 2 aromatic heterocycles. The van der Waals surface area contributed by atoms with E-state index >= 15 is 0 Å². The summed E-state index contributed by atoms with van der Waals surface area (Å²) >= 11 is 0. The Labute approximate surface area is 182 Å². The van der Waals surface area contributed by atoms with E-state index in [1.807, 2.05) is 41.8 Å². The third kappa shape index (κ3) is 3.25. The smallest absolute Gasteiger partial charge is 0.276 e. The Kier molecular flexibility index (Phi) is 4.88. The van der Waals surface area contributed by atoms with Gasteiger partial charge in [-0.3, -0.25) is 14.5 Å². The van der Waals surface area contributed by atoms with Gasteiger partial charge in [-0.25, -0.2) is 0 Å². The lowest BCUT2D eigenvalue weighted by atomic mass is 9.91. The summed E-state index contributed by atoms with van der Waals surface area (Å²) in [7, 11) is 0. The van der Waals surface area contributed by atoms with Gasteiger partial charge in [0.15, 0.2) is 5.58 Å². The van der Waals surface area contributed by atoms with Gasteiger partial charge in [0.2, 0.25) is 5.91 Å². The van der Waals surface area contributed by atoms with E-state index in [2.05, 4.69) is 12.2 Å². The number of rotatable bonds is 4. The normalized spacial score (nSPS) is 22.0. The third-order valence-corrected chi connectivity index (χ3v) is 6.94. The largest absolute Gasteiger partial charge is 0.463 e. The molecule has 31 heavy (non-hydrogen) atoms. The van der Waals surface area contributed by atoms with Crippen molar-refractivity contribution in [2.24, 2.45) is 0 Å². The number of fused-ring (bicyclic) bond motifs is 3. The minimum Gasteiger partial charge on any atom is -0.463 e. The molecule has 3 heterocycles. The van der Waals surface area contributed by atoms with Crippen molar-refractivity contribution in [2.45, 2.75) is 70.5 Å². The van der Waals surface area contributed by atoms with E-state index in [0.717, 1.165) is 43.3 Å². The van der Waals surface area contributed by atoms with Crippen molar-refractivity contribution in [2.75, 3.05) is 4.90 Å². The van der Waals surface area contributed by atoms with Gasteiger partial charge in [0, 0.05) is 23.9 Å². The van der Waals surface area contributed by atoms with Crippen LogP contribution in [-0.2, 0) is 17.8 Å². The number of anilines is 1. The van der Waals surface area contributed by atoms with Crippen LogP contribution in [0.15, 0.2) is 47.1 Å². The van der Waals surface area contributed by atoms with Crippen LogP contribution in [0.2, 0.25) is 0 Å². The van der Waals surface area contributed by atoms with Gasteiger partial charge in [-0.2, -0.15) is 0 Å². The molecule has 0 bridgehead atoms. The molecule has 1 atom stereocenters. The number of carbonyl (C=O) groups excluding carboxylic acids is 2. The molecule has 0 spiro atoms. The summed E-state index contributed by atoms with van der Waals surface area (Å²) < 4.78 is 7.48. The first-order valence-electron chi connectivity index (χ1n) is 11.3. The molecule has 0 saturated heterocycles. The average Bonchev–Trinajstić information content (AvgIpc) is 3.37. The molecule has 1 saturated carbocycles. The van der Waals surface area contributed by atoms with Crippen molar-refractivity contribution >= 4 is 28.6 Å². The first-order valence-corrected chi connectivity index (χ1v) is 11.3. The zero-order chi connectivity index (χ0) is 21.6. The van der Waals surface area contributed by atoms with Gasteiger partial charge in [0.05, 0.1) is 18.3 Å². The molecule has 0 radical (unpaired) electrons. The fraction of sp³-hybridized carbons (Fsp3) is 0.440. The molecule has 6 nitrogen and oxygen atoms in total. The van der Waals surface area contributed by atoms with E-state index in [0.29, 0.717) is 17.8 Å². The van der Waals surface area contributed by atoms with Gasteiger partial charge in [-0.05, 0) is 43.9 Å². The number of carbonyl (C=O) groups is 2. The molecule has 1 aliphatic heterocycles. The summed E-state index contributed by atoms with van der Waals surface area (Å²) in [5.74, 6) is -0.272. The zero-order valence-electron chi connectivity index (χ0n) is 18.2. The van der Waals surface area contributed by atoms with E-state index in [1.54, 1.807) is 17.2 Å². The standard InChI is InChI=1S/C25H29N3O3/c1-3-17-9-11-19(12-10-17)28-23(29)21-15-22-20(13-14-31-22)27(21)16-25(28,2)24(30)26-18-7-5-4-6-8-18/h9-15,18H,3-8,16H2,1-2H3,(H,26,30). The fourth-order valence-corrected chi connectivity index (χ4v) is 5.09. The van der Waals surface area contributed by atoms with Gasteiger partial charge < -0.3 is 14.3 Å². The van der Waals surface area contributed by atoms with Crippen molar-refractivity contribution in [3.63, 3.8) is 0 Å². The molecular formula is C25H29N3O3. The number of hydrogen-bond acceptors (Lipinski definition) is 3. The summed E-state index contributed by atoms with van der Waals surface area (Å²) in [6, 6.07) is 11.8. The molecule has 1 N–H and O–H groups in total. The van der Waals surface area contributed by atoms with Crippen molar-refractivity contribution in [1.82, 2.24) is 9.88 Å². The number of aryl methyl sites for hydroxylation is 1. The predicted octanol–water partition coefficient (Wildman–Crippen LogP) is 4.66. The van der Waals surface area contributed by atoms with Crippen molar-refractivity contribution in [3.05, 3.63) is 53.9 Å². The molecule has 162 valence electrons. The summed E-state index contributed by atoms with van der Waals surface area (Å²) in [6.07, 6.45) is 8.05. The molecule has 2 amide bonds. The maximum atomic E-state index is 13.7. The number of amides is 2. The van der Waals surface area contributed by atoms with Gasteiger partial charge in [-0.15, -0.1) is 0 Å².